The smallest absolute Gasteiger partial charge is 0.325 e. The topological polar surface area (TPSA) is 66.4 Å². The van der Waals surface area contributed by atoms with Crippen LogP contribution in [-0.2, 0) is 9.59 Å². The molecular weight excluding hydrogens is 170 g/mol. The Morgan fingerprint density at radius 3 is 2.46 bits per heavy atom. The maximum Gasteiger partial charge on any atom is 0.325 e. The molecule has 4 heteroatoms. The molecule has 0 aliphatic heterocycles. The van der Waals surface area contributed by atoms with Crippen LogP contribution in [0.1, 0.15) is 39.5 Å². The van der Waals surface area contributed by atoms with Crippen molar-refractivity contribution in [1.82, 2.24) is 5.32 Å². The fourth-order valence-corrected chi connectivity index (χ4v) is 0.911. The molecule has 0 aliphatic rings. The van der Waals surface area contributed by atoms with Gasteiger partial charge in [-0.05, 0) is 13.3 Å². The summed E-state index contributed by atoms with van der Waals surface area (Å²) in [6.45, 7) is 3.51. The summed E-state index contributed by atoms with van der Waals surface area (Å²) in [5.74, 6) is -1.17. The monoisotopic (exact) mass is 187 g/mol. The first-order valence-corrected chi connectivity index (χ1v) is 4.60. The summed E-state index contributed by atoms with van der Waals surface area (Å²) in [6.07, 6.45) is 3.32. The van der Waals surface area contributed by atoms with E-state index in [4.69, 9.17) is 5.11 Å². The molecule has 0 fully saturated rings. The molecule has 0 aromatic heterocycles. The summed E-state index contributed by atoms with van der Waals surface area (Å²) >= 11 is 0. The molecule has 0 heterocycles. The normalized spacial score (nSPS) is 12.2. The zero-order chi connectivity index (χ0) is 10.3. The fourth-order valence-electron chi connectivity index (χ4n) is 0.911. The maximum absolute atomic E-state index is 11.1. The Kier molecular flexibility index (Phi) is 5.93. The lowest BCUT2D eigenvalue weighted by Crippen LogP contribution is -2.38. The average Bonchev–Trinajstić information content (AvgIpc) is 2.04. The van der Waals surface area contributed by atoms with Crippen LogP contribution in [0, 0.1) is 0 Å². The van der Waals surface area contributed by atoms with Crippen molar-refractivity contribution in [2.45, 2.75) is 45.6 Å². The number of amides is 1. The van der Waals surface area contributed by atoms with E-state index < -0.39 is 12.0 Å². The van der Waals surface area contributed by atoms with Gasteiger partial charge in [0.25, 0.3) is 0 Å². The molecule has 0 aliphatic carbocycles. The molecule has 2 N–H and O–H groups in total. The molecule has 0 rings (SSSR count). The molecular formula is C9H17NO3. The number of carboxylic acids is 1. The SMILES string of the molecule is CCCCCC(=O)N[C@H](C)C(=O)O. The number of hydrogen-bond acceptors (Lipinski definition) is 2. The minimum Gasteiger partial charge on any atom is -0.480 e. The Morgan fingerprint density at radius 1 is 1.38 bits per heavy atom. The predicted molar refractivity (Wildman–Crippen MR) is 49.4 cm³/mol. The Labute approximate surface area is 78.3 Å². The maximum atomic E-state index is 11.1. The Hall–Kier alpha value is -1.06. The Morgan fingerprint density at radius 2 is 2.00 bits per heavy atom. The van der Waals surface area contributed by atoms with E-state index >= 15 is 0 Å². The van der Waals surface area contributed by atoms with Gasteiger partial charge in [0.15, 0.2) is 0 Å². The second-order valence-electron chi connectivity index (χ2n) is 3.08. The second kappa shape index (κ2) is 6.46. The summed E-state index contributed by atoms with van der Waals surface area (Å²) in [6, 6.07) is -0.783. The van der Waals surface area contributed by atoms with E-state index in [0.717, 1.165) is 19.3 Å². The van der Waals surface area contributed by atoms with Crippen LogP contribution in [0.5, 0.6) is 0 Å². The van der Waals surface area contributed by atoms with E-state index in [1.165, 1.54) is 6.92 Å². The Balaban J connectivity index is 3.56. The van der Waals surface area contributed by atoms with E-state index in [9.17, 15) is 9.59 Å². The highest BCUT2D eigenvalue weighted by atomic mass is 16.4. The molecule has 0 saturated heterocycles. The van der Waals surface area contributed by atoms with Crippen molar-refractivity contribution in [3.63, 3.8) is 0 Å². The van der Waals surface area contributed by atoms with E-state index in [-0.39, 0.29) is 5.91 Å². The number of hydrogen-bond donors (Lipinski definition) is 2. The molecule has 13 heavy (non-hydrogen) atoms. The van der Waals surface area contributed by atoms with Crippen LogP contribution in [-0.4, -0.2) is 23.0 Å². The highest BCUT2D eigenvalue weighted by molar-refractivity contribution is 5.83. The van der Waals surface area contributed by atoms with E-state index in [1.54, 1.807) is 0 Å². The average molecular weight is 187 g/mol. The number of carbonyl (C=O) groups is 2. The number of rotatable bonds is 6. The summed E-state index contributed by atoms with van der Waals surface area (Å²) < 4.78 is 0. The molecule has 0 unspecified atom stereocenters. The summed E-state index contributed by atoms with van der Waals surface area (Å²) in [5.41, 5.74) is 0. The standard InChI is InChI=1S/C9H17NO3/c1-3-4-5-6-8(11)10-7(2)9(12)13/h7H,3-6H2,1-2H3,(H,10,11)(H,12,13)/t7-/m1/s1. The first-order valence-electron chi connectivity index (χ1n) is 4.60. The zero-order valence-electron chi connectivity index (χ0n) is 8.17. The molecule has 0 saturated carbocycles. The van der Waals surface area contributed by atoms with Crippen LogP contribution in [0.3, 0.4) is 0 Å². The molecule has 0 aromatic rings. The van der Waals surface area contributed by atoms with Gasteiger partial charge in [0.2, 0.25) is 5.91 Å². The third-order valence-corrected chi connectivity index (χ3v) is 1.76. The number of aliphatic carboxylic acids is 1. The van der Waals surface area contributed by atoms with Crippen molar-refractivity contribution < 1.29 is 14.7 Å². The largest absolute Gasteiger partial charge is 0.480 e. The molecule has 1 atom stereocenters. The molecule has 76 valence electrons. The van der Waals surface area contributed by atoms with Crippen LogP contribution >= 0.6 is 0 Å². The van der Waals surface area contributed by atoms with Crippen molar-refractivity contribution >= 4 is 11.9 Å². The number of carbonyl (C=O) groups excluding carboxylic acids is 1. The van der Waals surface area contributed by atoms with Gasteiger partial charge < -0.3 is 10.4 Å². The number of nitrogens with one attached hydrogen (secondary N) is 1. The van der Waals surface area contributed by atoms with Crippen molar-refractivity contribution in [1.29, 1.82) is 0 Å². The quantitative estimate of drug-likeness (QED) is 0.613. The van der Waals surface area contributed by atoms with Crippen molar-refractivity contribution in [3.05, 3.63) is 0 Å². The minimum atomic E-state index is -0.996. The van der Waals surface area contributed by atoms with Crippen molar-refractivity contribution in [2.75, 3.05) is 0 Å². The van der Waals surface area contributed by atoms with Crippen molar-refractivity contribution in [3.8, 4) is 0 Å². The minimum absolute atomic E-state index is 0.177. The zero-order valence-corrected chi connectivity index (χ0v) is 8.17. The van der Waals surface area contributed by atoms with Crippen LogP contribution in [0.4, 0.5) is 0 Å². The summed E-state index contributed by atoms with van der Waals surface area (Å²) in [5, 5.41) is 10.9. The van der Waals surface area contributed by atoms with Crippen LogP contribution < -0.4 is 5.32 Å². The summed E-state index contributed by atoms with van der Waals surface area (Å²) in [4.78, 5) is 21.4. The second-order valence-corrected chi connectivity index (χ2v) is 3.08. The van der Waals surface area contributed by atoms with Crippen LogP contribution in [0.2, 0.25) is 0 Å². The lowest BCUT2D eigenvalue weighted by atomic mass is 10.2. The highest BCUT2D eigenvalue weighted by Crippen LogP contribution is 1.98. The molecule has 4 nitrogen and oxygen atoms in total. The number of unbranched alkanes of at least 4 members (excludes halogenated alkanes) is 2. The van der Waals surface area contributed by atoms with Crippen LogP contribution in [0.25, 0.3) is 0 Å². The summed E-state index contributed by atoms with van der Waals surface area (Å²) in [7, 11) is 0. The van der Waals surface area contributed by atoms with Gasteiger partial charge >= 0.3 is 5.97 Å². The molecule has 0 aromatic carbocycles. The van der Waals surface area contributed by atoms with Crippen LogP contribution in [0.15, 0.2) is 0 Å². The predicted octanol–water partition coefficient (Wildman–Crippen LogP) is 1.16. The van der Waals surface area contributed by atoms with Gasteiger partial charge in [-0.15, -0.1) is 0 Å². The lowest BCUT2D eigenvalue weighted by molar-refractivity contribution is -0.141. The molecule has 0 bridgehead atoms. The van der Waals surface area contributed by atoms with Gasteiger partial charge in [-0.1, -0.05) is 19.8 Å². The third-order valence-electron chi connectivity index (χ3n) is 1.76. The van der Waals surface area contributed by atoms with Gasteiger partial charge in [-0.25, -0.2) is 0 Å². The molecule has 0 spiro atoms. The first kappa shape index (κ1) is 11.9. The van der Waals surface area contributed by atoms with Gasteiger partial charge in [0.05, 0.1) is 0 Å². The van der Waals surface area contributed by atoms with Gasteiger partial charge in [-0.3, -0.25) is 9.59 Å². The Bertz CT molecular complexity index is 180. The van der Waals surface area contributed by atoms with Gasteiger partial charge in [0, 0.05) is 6.42 Å². The molecule has 1 amide bonds. The fraction of sp³-hybridized carbons (Fsp3) is 0.778. The van der Waals surface area contributed by atoms with E-state index in [1.807, 2.05) is 0 Å². The molecule has 0 radical (unpaired) electrons. The lowest BCUT2D eigenvalue weighted by Gasteiger charge is -2.08. The highest BCUT2D eigenvalue weighted by Gasteiger charge is 2.12. The van der Waals surface area contributed by atoms with Gasteiger partial charge in [-0.2, -0.15) is 0 Å². The van der Waals surface area contributed by atoms with E-state index in [0.29, 0.717) is 6.42 Å². The third kappa shape index (κ3) is 6.13. The van der Waals surface area contributed by atoms with Crippen molar-refractivity contribution in [2.24, 2.45) is 0 Å². The number of carboxylic acid groups (broad SMARTS) is 1. The van der Waals surface area contributed by atoms with Gasteiger partial charge in [0.1, 0.15) is 6.04 Å². The first-order chi connectivity index (χ1) is 6.07. The van der Waals surface area contributed by atoms with E-state index in [2.05, 4.69) is 12.2 Å².